The van der Waals surface area contributed by atoms with Crippen molar-refractivity contribution in [1.29, 1.82) is 0 Å². The fourth-order valence-electron chi connectivity index (χ4n) is 4.77. The fourth-order valence-corrected chi connectivity index (χ4v) is 4.77. The van der Waals surface area contributed by atoms with Crippen LogP contribution in [0.15, 0.2) is 36.5 Å². The van der Waals surface area contributed by atoms with Gasteiger partial charge < -0.3 is 25.2 Å². The maximum Gasteiger partial charge on any atom is 0.322 e. The molecule has 0 saturated carbocycles. The summed E-state index contributed by atoms with van der Waals surface area (Å²) in [6.45, 7) is 3.78. The van der Waals surface area contributed by atoms with E-state index in [-0.39, 0.29) is 18.1 Å². The van der Waals surface area contributed by atoms with Gasteiger partial charge in [-0.1, -0.05) is 18.2 Å². The largest absolute Gasteiger partial charge is 0.345 e. The minimum atomic E-state index is -0.397. The maximum atomic E-state index is 13.6. The number of urea groups is 1. The molecule has 3 amide bonds. The number of amides is 3. The Kier molecular flexibility index (Phi) is 7.94. The van der Waals surface area contributed by atoms with Crippen molar-refractivity contribution in [2.75, 3.05) is 25.5 Å². The lowest BCUT2D eigenvalue weighted by Crippen LogP contribution is -2.50. The molecule has 1 saturated heterocycles. The lowest BCUT2D eigenvalue weighted by Gasteiger charge is -2.39. The molecule has 36 heavy (non-hydrogen) atoms. The third kappa shape index (κ3) is 5.54. The van der Waals surface area contributed by atoms with Crippen LogP contribution in [0, 0.1) is 12.7 Å². The zero-order chi connectivity index (χ0) is 25.7. The SMILES string of the molecule is CNC(C=O)Cc1cc(C)c2[nH]ncc2c1.O=CN1CCC(N2Cc3cccc(F)c3NC2=O)CC1. The number of fused-ring (bicyclic) bond motifs is 2. The number of piperidine rings is 1. The summed E-state index contributed by atoms with van der Waals surface area (Å²) in [4.78, 5) is 37.0. The molecule has 9 nitrogen and oxygen atoms in total. The van der Waals surface area contributed by atoms with E-state index in [9.17, 15) is 18.8 Å². The highest BCUT2D eigenvalue weighted by Gasteiger charge is 2.32. The molecule has 1 atom stereocenters. The molecule has 2 aliphatic heterocycles. The van der Waals surface area contributed by atoms with Crippen LogP contribution in [0.3, 0.4) is 0 Å². The van der Waals surface area contributed by atoms with Gasteiger partial charge in [0.15, 0.2) is 0 Å². The van der Waals surface area contributed by atoms with Crippen LogP contribution in [0.5, 0.6) is 0 Å². The predicted octanol–water partition coefficient (Wildman–Crippen LogP) is 2.99. The van der Waals surface area contributed by atoms with Crippen LogP contribution in [0.2, 0.25) is 0 Å². The number of hydrogen-bond donors (Lipinski definition) is 3. The number of H-pyrrole nitrogens is 1. The molecule has 3 N–H and O–H groups in total. The van der Waals surface area contributed by atoms with Gasteiger partial charge in [-0.2, -0.15) is 5.10 Å². The predicted molar refractivity (Wildman–Crippen MR) is 135 cm³/mol. The Hall–Kier alpha value is -3.79. The number of carbonyl (C=O) groups excluding carboxylic acids is 3. The second-order valence-corrected chi connectivity index (χ2v) is 9.19. The molecule has 3 aromatic rings. The van der Waals surface area contributed by atoms with Crippen molar-refractivity contribution in [3.05, 3.63) is 59.0 Å². The lowest BCUT2D eigenvalue weighted by atomic mass is 10.0. The van der Waals surface area contributed by atoms with Gasteiger partial charge in [0.1, 0.15) is 12.1 Å². The third-order valence-electron chi connectivity index (χ3n) is 6.82. The molecular formula is C26H31FN6O3. The van der Waals surface area contributed by atoms with Crippen LogP contribution in [0.1, 0.15) is 29.5 Å². The molecule has 1 unspecified atom stereocenters. The molecule has 2 aliphatic rings. The van der Waals surface area contributed by atoms with Gasteiger partial charge in [0.2, 0.25) is 6.41 Å². The first-order valence-corrected chi connectivity index (χ1v) is 12.0. The van der Waals surface area contributed by atoms with Crippen LogP contribution in [0.25, 0.3) is 10.9 Å². The van der Waals surface area contributed by atoms with Crippen LogP contribution in [0.4, 0.5) is 14.9 Å². The Labute approximate surface area is 209 Å². The average Bonchev–Trinajstić information content (AvgIpc) is 3.37. The highest BCUT2D eigenvalue weighted by molar-refractivity contribution is 5.92. The van der Waals surface area contributed by atoms with Crippen molar-refractivity contribution in [3.8, 4) is 0 Å². The number of benzene rings is 2. The highest BCUT2D eigenvalue weighted by Crippen LogP contribution is 2.29. The van der Waals surface area contributed by atoms with Gasteiger partial charge in [-0.05, 0) is 62.1 Å². The summed E-state index contributed by atoms with van der Waals surface area (Å²) >= 11 is 0. The normalized spacial score (nSPS) is 16.6. The van der Waals surface area contributed by atoms with E-state index >= 15 is 0 Å². The number of aromatic amines is 1. The quantitative estimate of drug-likeness (QED) is 0.457. The van der Waals surface area contributed by atoms with E-state index in [1.165, 1.54) is 6.07 Å². The zero-order valence-corrected chi connectivity index (χ0v) is 20.5. The van der Waals surface area contributed by atoms with Crippen molar-refractivity contribution in [2.45, 2.75) is 44.8 Å². The van der Waals surface area contributed by atoms with Crippen LogP contribution in [-0.2, 0) is 22.6 Å². The van der Waals surface area contributed by atoms with Gasteiger partial charge in [-0.15, -0.1) is 0 Å². The number of para-hydroxylation sites is 1. The van der Waals surface area contributed by atoms with E-state index in [2.05, 4.69) is 33.0 Å². The molecule has 0 spiro atoms. The number of aromatic nitrogens is 2. The number of anilines is 1. The van der Waals surface area contributed by atoms with Gasteiger partial charge in [-0.25, -0.2) is 9.18 Å². The van der Waals surface area contributed by atoms with Crippen LogP contribution < -0.4 is 10.6 Å². The molecule has 1 aromatic heterocycles. The Morgan fingerprint density at radius 2 is 2.03 bits per heavy atom. The summed E-state index contributed by atoms with van der Waals surface area (Å²) in [5.41, 5.74) is 4.46. The number of carbonyl (C=O) groups is 3. The maximum absolute atomic E-state index is 13.6. The van der Waals surface area contributed by atoms with Gasteiger partial charge in [0, 0.05) is 31.1 Å². The number of likely N-dealkylation sites (N-methyl/N-ethyl adjacent to an activating group) is 1. The summed E-state index contributed by atoms with van der Waals surface area (Å²) in [7, 11) is 1.79. The summed E-state index contributed by atoms with van der Waals surface area (Å²) in [6, 6.07) is 8.70. The minimum Gasteiger partial charge on any atom is -0.345 e. The van der Waals surface area contributed by atoms with Crippen LogP contribution in [-0.4, -0.2) is 70.9 Å². The van der Waals surface area contributed by atoms with E-state index in [1.807, 2.05) is 13.0 Å². The smallest absolute Gasteiger partial charge is 0.322 e. The van der Waals surface area contributed by atoms with Crippen molar-refractivity contribution >= 4 is 35.3 Å². The third-order valence-corrected chi connectivity index (χ3v) is 6.82. The molecule has 1 fully saturated rings. The Bertz CT molecular complexity index is 1240. The van der Waals surface area contributed by atoms with Crippen molar-refractivity contribution < 1.29 is 18.8 Å². The molecule has 2 aromatic carbocycles. The number of nitrogens with one attached hydrogen (secondary N) is 3. The van der Waals surface area contributed by atoms with E-state index in [0.717, 1.165) is 53.1 Å². The number of likely N-dealkylation sites (tertiary alicyclic amines) is 1. The first-order chi connectivity index (χ1) is 17.4. The first-order valence-electron chi connectivity index (χ1n) is 12.0. The molecular weight excluding hydrogens is 463 g/mol. The molecule has 190 valence electrons. The number of aryl methyl sites for hydroxylation is 1. The summed E-state index contributed by atoms with van der Waals surface area (Å²) in [5.74, 6) is -0.397. The number of nitrogens with zero attached hydrogens (tertiary/aromatic N) is 3. The number of hydrogen-bond acceptors (Lipinski definition) is 5. The Morgan fingerprint density at radius 1 is 1.25 bits per heavy atom. The monoisotopic (exact) mass is 494 g/mol. The molecule has 0 radical (unpaired) electrons. The molecule has 0 bridgehead atoms. The Morgan fingerprint density at radius 3 is 2.72 bits per heavy atom. The van der Waals surface area contributed by atoms with Gasteiger partial charge in [-0.3, -0.25) is 9.89 Å². The van der Waals surface area contributed by atoms with Crippen LogP contribution >= 0.6 is 0 Å². The second-order valence-electron chi connectivity index (χ2n) is 9.19. The van der Waals surface area contributed by atoms with Gasteiger partial charge >= 0.3 is 6.03 Å². The van der Waals surface area contributed by atoms with E-state index in [1.54, 1.807) is 29.1 Å². The summed E-state index contributed by atoms with van der Waals surface area (Å²) in [6.07, 6.45) is 5.82. The van der Waals surface area contributed by atoms with E-state index in [0.29, 0.717) is 31.7 Å². The molecule has 3 heterocycles. The highest BCUT2D eigenvalue weighted by atomic mass is 19.1. The number of rotatable bonds is 6. The lowest BCUT2D eigenvalue weighted by molar-refractivity contribution is -0.119. The second kappa shape index (κ2) is 11.3. The van der Waals surface area contributed by atoms with Gasteiger partial charge in [0.25, 0.3) is 0 Å². The number of aldehydes is 1. The molecule has 10 heteroatoms. The first kappa shape index (κ1) is 25.3. The minimum absolute atomic E-state index is 0.0996. The molecule has 5 rings (SSSR count). The van der Waals surface area contributed by atoms with Crippen molar-refractivity contribution in [1.82, 2.24) is 25.3 Å². The molecule has 0 aliphatic carbocycles. The summed E-state index contributed by atoms with van der Waals surface area (Å²) in [5, 5.41) is 13.7. The van der Waals surface area contributed by atoms with E-state index < -0.39 is 5.82 Å². The fraction of sp³-hybridized carbons (Fsp3) is 0.385. The van der Waals surface area contributed by atoms with Crippen molar-refractivity contribution in [3.63, 3.8) is 0 Å². The standard InChI is InChI=1S/C14H16FN3O2.C12H15N3O/c15-12-3-1-2-10-8-18(14(20)16-13(10)12)11-4-6-17(9-19)7-5-11;1-8-3-9(5-11(7-16)13-2)4-10-6-14-15-12(8)10/h1-3,9,11H,4-8H2,(H,16,20);3-4,6-7,11,13H,5H2,1-2H3,(H,14,15). The zero-order valence-electron chi connectivity index (χ0n) is 20.5. The topological polar surface area (TPSA) is 110 Å². The summed E-state index contributed by atoms with van der Waals surface area (Å²) < 4.78 is 13.6. The van der Waals surface area contributed by atoms with Gasteiger partial charge in [0.05, 0.1) is 23.4 Å². The van der Waals surface area contributed by atoms with Crippen molar-refractivity contribution in [2.24, 2.45) is 0 Å². The average molecular weight is 495 g/mol. The Balaban J connectivity index is 0.000000174. The van der Waals surface area contributed by atoms with E-state index in [4.69, 9.17) is 0 Å². The number of halogens is 1.